The number of carbonyl (C=O) groups excluding carboxylic acids is 1. The van der Waals surface area contributed by atoms with Crippen LogP contribution >= 0.6 is 22.3 Å². The zero-order valence-electron chi connectivity index (χ0n) is 10.7. The SMILES string of the molecule is CC(C)N(C)C(=O)C[S+](Cl)c1cnccc1CCl. The van der Waals surface area contributed by atoms with Crippen molar-refractivity contribution in [2.75, 3.05) is 12.8 Å². The van der Waals surface area contributed by atoms with Crippen molar-refractivity contribution < 1.29 is 4.79 Å². The summed E-state index contributed by atoms with van der Waals surface area (Å²) in [6.45, 7) is 3.94. The average Bonchev–Trinajstić information content (AvgIpc) is 2.37. The molecule has 0 aliphatic heterocycles. The van der Waals surface area contributed by atoms with Gasteiger partial charge in [0.15, 0.2) is 25.7 Å². The Morgan fingerprint density at radius 1 is 1.56 bits per heavy atom. The maximum atomic E-state index is 12.0. The Morgan fingerprint density at radius 2 is 2.22 bits per heavy atom. The first kappa shape index (κ1) is 15.6. The van der Waals surface area contributed by atoms with E-state index in [2.05, 4.69) is 4.98 Å². The molecule has 1 unspecified atom stereocenters. The molecule has 1 atom stereocenters. The highest BCUT2D eigenvalue weighted by Gasteiger charge is 2.29. The van der Waals surface area contributed by atoms with Gasteiger partial charge in [-0.15, -0.1) is 11.6 Å². The van der Waals surface area contributed by atoms with Crippen LogP contribution in [0.3, 0.4) is 0 Å². The normalized spacial score (nSPS) is 12.6. The summed E-state index contributed by atoms with van der Waals surface area (Å²) in [7, 11) is 7.42. The Labute approximate surface area is 120 Å². The molecule has 6 heteroatoms. The number of carbonyl (C=O) groups is 1. The molecule has 1 amide bonds. The van der Waals surface area contributed by atoms with Crippen molar-refractivity contribution >= 4 is 38.3 Å². The highest BCUT2D eigenvalue weighted by atomic mass is 35.7. The van der Waals surface area contributed by atoms with E-state index in [1.807, 2.05) is 19.9 Å². The number of pyridine rings is 1. The lowest BCUT2D eigenvalue weighted by molar-refractivity contribution is -0.128. The van der Waals surface area contributed by atoms with Crippen LogP contribution in [0.4, 0.5) is 0 Å². The van der Waals surface area contributed by atoms with Gasteiger partial charge in [0.1, 0.15) is 0 Å². The lowest BCUT2D eigenvalue weighted by atomic mass is 10.3. The third-order valence-electron chi connectivity index (χ3n) is 2.67. The van der Waals surface area contributed by atoms with Crippen LogP contribution in [0.2, 0.25) is 0 Å². The largest absolute Gasteiger partial charge is 0.339 e. The molecule has 0 fully saturated rings. The molecular formula is C12H17Cl2N2OS+. The van der Waals surface area contributed by atoms with Gasteiger partial charge in [-0.05, 0) is 19.9 Å². The fraction of sp³-hybridized carbons (Fsp3) is 0.500. The Balaban J connectivity index is 2.76. The zero-order chi connectivity index (χ0) is 13.7. The first-order valence-electron chi connectivity index (χ1n) is 5.59. The van der Waals surface area contributed by atoms with Gasteiger partial charge in [0.05, 0.1) is 12.1 Å². The molecule has 0 bridgehead atoms. The van der Waals surface area contributed by atoms with Crippen molar-refractivity contribution in [3.63, 3.8) is 0 Å². The van der Waals surface area contributed by atoms with Crippen LogP contribution in [0.15, 0.2) is 23.4 Å². The third kappa shape index (κ3) is 4.04. The summed E-state index contributed by atoms with van der Waals surface area (Å²) in [6.07, 6.45) is 3.37. The maximum Gasteiger partial charge on any atom is 0.274 e. The fourth-order valence-corrected chi connectivity index (χ4v) is 3.48. The molecule has 1 rings (SSSR count). The predicted octanol–water partition coefficient (Wildman–Crippen LogP) is 2.82. The Hall–Kier alpha value is -0.450. The van der Waals surface area contributed by atoms with E-state index in [0.29, 0.717) is 5.88 Å². The van der Waals surface area contributed by atoms with Crippen molar-refractivity contribution in [1.29, 1.82) is 0 Å². The standard InChI is InChI=1S/C12H17Cl2N2OS/c1-9(2)16(3)12(17)8-18(14)11-7-15-5-4-10(11)6-13/h4-5,7,9H,6,8H2,1-3H3/q+1. The molecule has 0 saturated carbocycles. The maximum absolute atomic E-state index is 12.0. The molecular weight excluding hydrogens is 291 g/mol. The lowest BCUT2D eigenvalue weighted by Gasteiger charge is -2.19. The van der Waals surface area contributed by atoms with Crippen LogP contribution in [-0.2, 0) is 20.8 Å². The number of alkyl halides is 1. The zero-order valence-corrected chi connectivity index (χ0v) is 13.0. The van der Waals surface area contributed by atoms with Crippen molar-refractivity contribution in [3.8, 4) is 0 Å². The van der Waals surface area contributed by atoms with Gasteiger partial charge in [-0.1, -0.05) is 0 Å². The number of amides is 1. The fourth-order valence-electron chi connectivity index (χ4n) is 1.29. The van der Waals surface area contributed by atoms with E-state index in [4.69, 9.17) is 22.3 Å². The molecule has 0 spiro atoms. The number of rotatable bonds is 5. The van der Waals surface area contributed by atoms with E-state index in [9.17, 15) is 4.79 Å². The van der Waals surface area contributed by atoms with E-state index in [0.717, 1.165) is 10.5 Å². The number of hydrogen-bond acceptors (Lipinski definition) is 2. The monoisotopic (exact) mass is 307 g/mol. The van der Waals surface area contributed by atoms with Crippen molar-refractivity contribution in [3.05, 3.63) is 24.0 Å². The van der Waals surface area contributed by atoms with Crippen molar-refractivity contribution in [1.82, 2.24) is 9.88 Å². The van der Waals surface area contributed by atoms with Gasteiger partial charge < -0.3 is 4.90 Å². The van der Waals surface area contributed by atoms with Crippen LogP contribution in [0, 0.1) is 0 Å². The summed E-state index contributed by atoms with van der Waals surface area (Å²) >= 11 is 5.85. The Kier molecular flexibility index (Phi) is 6.26. The minimum Gasteiger partial charge on any atom is -0.339 e. The molecule has 18 heavy (non-hydrogen) atoms. The third-order valence-corrected chi connectivity index (χ3v) is 5.13. The minimum atomic E-state index is -0.678. The molecule has 3 nitrogen and oxygen atoms in total. The minimum absolute atomic E-state index is 0.0349. The van der Waals surface area contributed by atoms with Gasteiger partial charge in [0, 0.05) is 24.8 Å². The van der Waals surface area contributed by atoms with E-state index < -0.39 is 10.1 Å². The van der Waals surface area contributed by atoms with E-state index in [1.165, 1.54) is 0 Å². The Morgan fingerprint density at radius 3 is 2.78 bits per heavy atom. The van der Waals surface area contributed by atoms with Crippen LogP contribution in [0.5, 0.6) is 0 Å². The second-order valence-electron chi connectivity index (χ2n) is 4.19. The van der Waals surface area contributed by atoms with Crippen LogP contribution in [-0.4, -0.2) is 34.6 Å². The lowest BCUT2D eigenvalue weighted by Crippen LogP contribution is -2.36. The van der Waals surface area contributed by atoms with Crippen LogP contribution < -0.4 is 0 Å². The van der Waals surface area contributed by atoms with E-state index in [1.54, 1.807) is 24.3 Å². The smallest absolute Gasteiger partial charge is 0.274 e. The molecule has 0 N–H and O–H groups in total. The molecule has 1 aromatic rings. The van der Waals surface area contributed by atoms with Crippen LogP contribution in [0.1, 0.15) is 19.4 Å². The second kappa shape index (κ2) is 7.22. The summed E-state index contributed by atoms with van der Waals surface area (Å²) in [4.78, 5) is 18.6. The summed E-state index contributed by atoms with van der Waals surface area (Å²) in [5, 5.41) is 0. The van der Waals surface area contributed by atoms with Gasteiger partial charge in [0.25, 0.3) is 5.91 Å². The first-order chi connectivity index (χ1) is 8.47. The second-order valence-corrected chi connectivity index (χ2v) is 6.96. The Bertz CT molecular complexity index is 415. The van der Waals surface area contributed by atoms with Crippen molar-refractivity contribution in [2.24, 2.45) is 0 Å². The molecule has 1 heterocycles. The number of hydrogen-bond donors (Lipinski definition) is 0. The molecule has 0 aliphatic carbocycles. The predicted molar refractivity (Wildman–Crippen MR) is 78.1 cm³/mol. The van der Waals surface area contributed by atoms with Gasteiger partial charge in [-0.2, -0.15) is 0 Å². The molecule has 0 aliphatic rings. The van der Waals surface area contributed by atoms with E-state index >= 15 is 0 Å². The topological polar surface area (TPSA) is 33.2 Å². The molecule has 0 saturated heterocycles. The quantitative estimate of drug-likeness (QED) is 0.619. The summed E-state index contributed by atoms with van der Waals surface area (Å²) in [6, 6.07) is 2.01. The average molecular weight is 308 g/mol. The van der Waals surface area contributed by atoms with Gasteiger partial charge in [-0.25, -0.2) is 0 Å². The molecule has 100 valence electrons. The highest BCUT2D eigenvalue weighted by molar-refractivity contribution is 8.18. The number of halogens is 2. The highest BCUT2D eigenvalue weighted by Crippen LogP contribution is 2.23. The summed E-state index contributed by atoms with van der Waals surface area (Å²) < 4.78 is 0. The van der Waals surface area contributed by atoms with Gasteiger partial charge in [0.2, 0.25) is 5.75 Å². The van der Waals surface area contributed by atoms with Crippen molar-refractivity contribution in [2.45, 2.75) is 30.7 Å². The number of nitrogens with zero attached hydrogens (tertiary/aromatic N) is 2. The van der Waals surface area contributed by atoms with Gasteiger partial charge in [-0.3, -0.25) is 9.78 Å². The molecule has 1 aromatic heterocycles. The van der Waals surface area contributed by atoms with Gasteiger partial charge >= 0.3 is 0 Å². The molecule has 0 radical (unpaired) electrons. The number of aromatic nitrogens is 1. The van der Waals surface area contributed by atoms with E-state index in [-0.39, 0.29) is 17.7 Å². The molecule has 0 aromatic carbocycles. The first-order valence-corrected chi connectivity index (χ1v) is 8.34. The van der Waals surface area contributed by atoms with Crippen LogP contribution in [0.25, 0.3) is 0 Å². The summed E-state index contributed by atoms with van der Waals surface area (Å²) in [5.74, 6) is 0.696. The summed E-state index contributed by atoms with van der Waals surface area (Å²) in [5.41, 5.74) is 0.935.